The van der Waals surface area contributed by atoms with Crippen molar-refractivity contribution in [2.75, 3.05) is 18.1 Å². The van der Waals surface area contributed by atoms with Crippen LogP contribution in [0.3, 0.4) is 0 Å². The smallest absolute Gasteiger partial charge is 0.303 e. The minimum absolute atomic E-state index is 0.0540. The predicted octanol–water partition coefficient (Wildman–Crippen LogP) is 1.65. The zero-order valence-corrected chi connectivity index (χ0v) is 15.1. The second-order valence-electron chi connectivity index (χ2n) is 6.79. The average molecular weight is 369 g/mol. The van der Waals surface area contributed by atoms with Crippen LogP contribution in [0.25, 0.3) is 11.0 Å². The monoisotopic (exact) mass is 369 g/mol. The van der Waals surface area contributed by atoms with Gasteiger partial charge in [0.05, 0.1) is 42.0 Å². The SMILES string of the molecule is O=C(O)CCc1cc2n(n1)CCCN(c1nc3ccccc3n1CCO)C2. The molecule has 8 heteroatoms. The molecule has 142 valence electrons. The number of hydrogen-bond acceptors (Lipinski definition) is 5. The van der Waals surface area contributed by atoms with Crippen LogP contribution in [-0.4, -0.2) is 48.7 Å². The van der Waals surface area contributed by atoms with Crippen molar-refractivity contribution in [1.29, 1.82) is 0 Å². The summed E-state index contributed by atoms with van der Waals surface area (Å²) in [7, 11) is 0. The molecule has 4 rings (SSSR count). The summed E-state index contributed by atoms with van der Waals surface area (Å²) in [6, 6.07) is 9.95. The lowest BCUT2D eigenvalue weighted by molar-refractivity contribution is -0.136. The lowest BCUT2D eigenvalue weighted by Crippen LogP contribution is -2.26. The zero-order valence-electron chi connectivity index (χ0n) is 15.1. The average Bonchev–Trinajstić information content (AvgIpc) is 3.15. The molecule has 27 heavy (non-hydrogen) atoms. The van der Waals surface area contributed by atoms with Crippen molar-refractivity contribution in [2.24, 2.45) is 0 Å². The summed E-state index contributed by atoms with van der Waals surface area (Å²) in [6.45, 7) is 2.87. The second-order valence-corrected chi connectivity index (χ2v) is 6.79. The van der Waals surface area contributed by atoms with Gasteiger partial charge in [0.1, 0.15) is 0 Å². The van der Waals surface area contributed by atoms with Crippen molar-refractivity contribution in [3.05, 3.63) is 41.7 Å². The number of carboxylic acids is 1. The number of hydrogen-bond donors (Lipinski definition) is 2. The van der Waals surface area contributed by atoms with Crippen LogP contribution >= 0.6 is 0 Å². The molecule has 3 aromatic rings. The van der Waals surface area contributed by atoms with Crippen molar-refractivity contribution in [2.45, 2.75) is 38.9 Å². The quantitative estimate of drug-likeness (QED) is 0.686. The standard InChI is InChI=1S/C19H23N5O3/c25-11-10-23-17-5-2-1-4-16(17)20-19(23)22-8-3-9-24-15(13-22)12-14(21-24)6-7-18(26)27/h1-2,4-5,12,25H,3,6-11,13H2,(H,26,27). The van der Waals surface area contributed by atoms with Gasteiger partial charge in [-0.25, -0.2) is 4.98 Å². The number of nitrogens with zero attached hydrogens (tertiary/aromatic N) is 5. The first-order valence-electron chi connectivity index (χ1n) is 9.24. The Morgan fingerprint density at radius 1 is 1.22 bits per heavy atom. The number of rotatable bonds is 6. The molecule has 0 radical (unpaired) electrons. The van der Waals surface area contributed by atoms with E-state index in [4.69, 9.17) is 10.1 Å². The number of aromatic nitrogens is 4. The minimum Gasteiger partial charge on any atom is -0.481 e. The van der Waals surface area contributed by atoms with Crippen LogP contribution in [0, 0.1) is 0 Å². The highest BCUT2D eigenvalue weighted by atomic mass is 16.4. The van der Waals surface area contributed by atoms with Gasteiger partial charge in [-0.2, -0.15) is 5.10 Å². The van der Waals surface area contributed by atoms with E-state index in [1.165, 1.54) is 0 Å². The topological polar surface area (TPSA) is 96.4 Å². The number of aryl methyl sites for hydroxylation is 2. The Balaban J connectivity index is 1.64. The van der Waals surface area contributed by atoms with Gasteiger partial charge in [-0.15, -0.1) is 0 Å². The summed E-state index contributed by atoms with van der Waals surface area (Å²) >= 11 is 0. The van der Waals surface area contributed by atoms with Gasteiger partial charge in [0, 0.05) is 26.1 Å². The number of aliphatic carboxylic acids is 1. The van der Waals surface area contributed by atoms with Crippen molar-refractivity contribution in [1.82, 2.24) is 19.3 Å². The summed E-state index contributed by atoms with van der Waals surface area (Å²) in [5, 5.41) is 23.0. The Labute approximate surface area is 156 Å². The molecule has 0 bridgehead atoms. The van der Waals surface area contributed by atoms with Gasteiger partial charge >= 0.3 is 5.97 Å². The van der Waals surface area contributed by atoms with Gasteiger partial charge in [0.15, 0.2) is 0 Å². The number of para-hydroxylation sites is 2. The molecular weight excluding hydrogens is 346 g/mol. The molecule has 2 N–H and O–H groups in total. The van der Waals surface area contributed by atoms with E-state index >= 15 is 0 Å². The fourth-order valence-electron chi connectivity index (χ4n) is 3.67. The zero-order chi connectivity index (χ0) is 18.8. The van der Waals surface area contributed by atoms with Crippen LogP contribution < -0.4 is 4.90 Å². The second kappa shape index (κ2) is 7.40. The molecule has 0 aliphatic carbocycles. The lowest BCUT2D eigenvalue weighted by atomic mass is 10.2. The summed E-state index contributed by atoms with van der Waals surface area (Å²) in [5.74, 6) is 0.0459. The Hall–Kier alpha value is -2.87. The number of imidazole rings is 1. The third kappa shape index (κ3) is 3.52. The fourth-order valence-corrected chi connectivity index (χ4v) is 3.67. The van der Waals surface area contributed by atoms with E-state index in [0.29, 0.717) is 19.5 Å². The van der Waals surface area contributed by atoms with Gasteiger partial charge in [0.2, 0.25) is 5.95 Å². The molecule has 3 heterocycles. The Kier molecular flexibility index (Phi) is 4.81. The third-order valence-electron chi connectivity index (χ3n) is 4.90. The number of carbonyl (C=O) groups is 1. The Morgan fingerprint density at radius 2 is 2.07 bits per heavy atom. The maximum absolute atomic E-state index is 10.8. The third-order valence-corrected chi connectivity index (χ3v) is 4.90. The molecule has 8 nitrogen and oxygen atoms in total. The van der Waals surface area contributed by atoms with Gasteiger partial charge in [-0.05, 0) is 24.6 Å². The van der Waals surface area contributed by atoms with Crippen LogP contribution in [0.4, 0.5) is 5.95 Å². The largest absolute Gasteiger partial charge is 0.481 e. The van der Waals surface area contributed by atoms with Crippen LogP contribution in [0.2, 0.25) is 0 Å². The molecule has 1 aliphatic rings. The van der Waals surface area contributed by atoms with Crippen LogP contribution in [0.1, 0.15) is 24.2 Å². The molecule has 2 aromatic heterocycles. The number of aliphatic hydroxyl groups excluding tert-OH is 1. The molecule has 0 atom stereocenters. The Bertz CT molecular complexity index is 962. The summed E-state index contributed by atoms with van der Waals surface area (Å²) in [6.07, 6.45) is 1.46. The first kappa shape index (κ1) is 17.5. The number of aliphatic hydroxyl groups is 1. The molecule has 0 unspecified atom stereocenters. The molecule has 0 fully saturated rings. The maximum Gasteiger partial charge on any atom is 0.303 e. The fraction of sp³-hybridized carbons (Fsp3) is 0.421. The van der Waals surface area contributed by atoms with E-state index in [2.05, 4.69) is 14.6 Å². The molecular formula is C19H23N5O3. The van der Waals surface area contributed by atoms with Crippen molar-refractivity contribution >= 4 is 23.0 Å². The normalized spacial score (nSPS) is 14.3. The highest BCUT2D eigenvalue weighted by Gasteiger charge is 2.22. The van der Waals surface area contributed by atoms with Gasteiger partial charge in [0.25, 0.3) is 0 Å². The first-order chi connectivity index (χ1) is 13.2. The molecule has 1 aliphatic heterocycles. The van der Waals surface area contributed by atoms with E-state index in [1.54, 1.807) is 0 Å². The summed E-state index contributed by atoms with van der Waals surface area (Å²) < 4.78 is 4.04. The minimum atomic E-state index is -0.808. The van der Waals surface area contributed by atoms with E-state index in [1.807, 2.05) is 35.0 Å². The molecule has 0 saturated carbocycles. The number of fused-ring (bicyclic) bond motifs is 2. The molecule has 0 saturated heterocycles. The highest BCUT2D eigenvalue weighted by Crippen LogP contribution is 2.26. The van der Waals surface area contributed by atoms with Crippen molar-refractivity contribution in [3.8, 4) is 0 Å². The van der Waals surface area contributed by atoms with E-state index < -0.39 is 5.97 Å². The molecule has 0 spiro atoms. The number of benzene rings is 1. The molecule has 1 aromatic carbocycles. The van der Waals surface area contributed by atoms with Gasteiger partial charge < -0.3 is 19.7 Å². The first-order valence-corrected chi connectivity index (χ1v) is 9.24. The van der Waals surface area contributed by atoms with Crippen LogP contribution in [0.5, 0.6) is 0 Å². The van der Waals surface area contributed by atoms with E-state index in [9.17, 15) is 9.90 Å². The lowest BCUT2D eigenvalue weighted by Gasteiger charge is -2.22. The van der Waals surface area contributed by atoms with E-state index in [0.717, 1.165) is 47.9 Å². The Morgan fingerprint density at radius 3 is 2.89 bits per heavy atom. The summed E-state index contributed by atoms with van der Waals surface area (Å²) in [5.41, 5.74) is 3.82. The number of carboxylic acid groups (broad SMARTS) is 1. The predicted molar refractivity (Wildman–Crippen MR) is 101 cm³/mol. The van der Waals surface area contributed by atoms with Gasteiger partial charge in [-0.1, -0.05) is 12.1 Å². The van der Waals surface area contributed by atoms with Gasteiger partial charge in [-0.3, -0.25) is 9.48 Å². The summed E-state index contributed by atoms with van der Waals surface area (Å²) in [4.78, 5) is 17.8. The van der Waals surface area contributed by atoms with Crippen molar-refractivity contribution in [3.63, 3.8) is 0 Å². The van der Waals surface area contributed by atoms with Crippen LogP contribution in [-0.2, 0) is 30.8 Å². The maximum atomic E-state index is 10.8. The van der Waals surface area contributed by atoms with Crippen molar-refractivity contribution < 1.29 is 15.0 Å². The highest BCUT2D eigenvalue weighted by molar-refractivity contribution is 5.78. The molecule has 0 amide bonds. The number of anilines is 1. The van der Waals surface area contributed by atoms with Crippen LogP contribution in [0.15, 0.2) is 30.3 Å². The van der Waals surface area contributed by atoms with E-state index in [-0.39, 0.29) is 13.0 Å².